The molecule has 4 rings (SSSR count). The normalized spacial score (nSPS) is 14.2. The van der Waals surface area contributed by atoms with Gasteiger partial charge in [-0.2, -0.15) is 0 Å². The lowest BCUT2D eigenvalue weighted by molar-refractivity contribution is -0.143. The van der Waals surface area contributed by atoms with Crippen LogP contribution in [0.15, 0.2) is 66.7 Å². The second-order valence-electron chi connectivity index (χ2n) is 8.00. The Labute approximate surface area is 183 Å². The smallest absolute Gasteiger partial charge is 0.408 e. The minimum absolute atomic E-state index is 0.00385. The number of halogens is 2. The number of alkyl carbamates (subject to hydrolysis) is 1. The van der Waals surface area contributed by atoms with Crippen LogP contribution in [0.25, 0.3) is 11.1 Å². The summed E-state index contributed by atoms with van der Waals surface area (Å²) in [7, 11) is 0. The molecular formula is C25H21F2NO4. The van der Waals surface area contributed by atoms with Crippen molar-refractivity contribution in [3.63, 3.8) is 0 Å². The van der Waals surface area contributed by atoms with Gasteiger partial charge in [0.2, 0.25) is 0 Å². The summed E-state index contributed by atoms with van der Waals surface area (Å²) in [6, 6.07) is 18.4. The van der Waals surface area contributed by atoms with Crippen LogP contribution < -0.4 is 5.32 Å². The van der Waals surface area contributed by atoms with Crippen LogP contribution in [0.1, 0.15) is 29.5 Å². The highest BCUT2D eigenvalue weighted by molar-refractivity contribution is 5.84. The standard InChI is InChI=1S/C25H21F2NO4/c1-25(23(29)30,13-15-12-16(26)10-11-22(15)27)28-24(31)32-14-21-19-8-4-2-6-17(19)18-7-3-5-9-20(18)21/h2-12,21H,13-14H2,1H3,(H,28,31)(H,29,30)/t25-/m0/s1. The Morgan fingerprint density at radius 2 is 1.59 bits per heavy atom. The predicted octanol–water partition coefficient (Wildman–Crippen LogP) is 4.89. The molecule has 0 saturated carbocycles. The first kappa shape index (κ1) is 21.5. The largest absolute Gasteiger partial charge is 0.480 e. The number of carboxylic acid groups (broad SMARTS) is 1. The van der Waals surface area contributed by atoms with E-state index in [1.165, 1.54) is 6.92 Å². The van der Waals surface area contributed by atoms with E-state index in [2.05, 4.69) is 5.32 Å². The molecule has 1 aliphatic carbocycles. The highest BCUT2D eigenvalue weighted by Gasteiger charge is 2.37. The Hall–Kier alpha value is -3.74. The number of benzene rings is 3. The van der Waals surface area contributed by atoms with Crippen molar-refractivity contribution in [3.8, 4) is 11.1 Å². The molecule has 164 valence electrons. The fourth-order valence-electron chi connectivity index (χ4n) is 4.09. The maximum Gasteiger partial charge on any atom is 0.408 e. The molecule has 0 bridgehead atoms. The number of aliphatic carboxylic acids is 1. The number of carbonyl (C=O) groups is 2. The van der Waals surface area contributed by atoms with Crippen LogP contribution in [0.4, 0.5) is 13.6 Å². The van der Waals surface area contributed by atoms with Crippen LogP contribution in [-0.2, 0) is 16.0 Å². The van der Waals surface area contributed by atoms with E-state index in [0.717, 1.165) is 40.5 Å². The molecule has 0 fully saturated rings. The minimum atomic E-state index is -1.89. The molecule has 0 radical (unpaired) electrons. The molecule has 0 spiro atoms. The topological polar surface area (TPSA) is 75.6 Å². The molecule has 1 amide bonds. The highest BCUT2D eigenvalue weighted by Crippen LogP contribution is 2.44. The summed E-state index contributed by atoms with van der Waals surface area (Å²) < 4.78 is 32.9. The molecule has 2 N–H and O–H groups in total. The molecule has 3 aromatic carbocycles. The van der Waals surface area contributed by atoms with Gasteiger partial charge in [0, 0.05) is 12.3 Å². The number of hydrogen-bond acceptors (Lipinski definition) is 3. The van der Waals surface area contributed by atoms with E-state index >= 15 is 0 Å². The zero-order chi connectivity index (χ0) is 22.9. The molecule has 3 aromatic rings. The van der Waals surface area contributed by atoms with Crippen molar-refractivity contribution in [3.05, 3.63) is 95.1 Å². The Kier molecular flexibility index (Phi) is 5.65. The minimum Gasteiger partial charge on any atom is -0.480 e. The van der Waals surface area contributed by atoms with E-state index in [-0.39, 0.29) is 18.1 Å². The Balaban J connectivity index is 1.49. The van der Waals surface area contributed by atoms with Crippen molar-refractivity contribution in [2.24, 2.45) is 0 Å². The summed E-state index contributed by atoms with van der Waals surface area (Å²) in [6.45, 7) is 1.23. The number of amides is 1. The number of fused-ring (bicyclic) bond motifs is 3. The first-order valence-corrected chi connectivity index (χ1v) is 10.1. The van der Waals surface area contributed by atoms with Gasteiger partial charge in [0.15, 0.2) is 0 Å². The highest BCUT2D eigenvalue weighted by atomic mass is 19.1. The molecule has 0 heterocycles. The summed E-state index contributed by atoms with van der Waals surface area (Å²) in [4.78, 5) is 24.4. The van der Waals surface area contributed by atoms with Gasteiger partial charge < -0.3 is 15.2 Å². The zero-order valence-corrected chi connectivity index (χ0v) is 17.3. The number of ether oxygens (including phenoxy) is 1. The fourth-order valence-corrected chi connectivity index (χ4v) is 4.09. The van der Waals surface area contributed by atoms with Crippen molar-refractivity contribution >= 4 is 12.1 Å². The maximum atomic E-state index is 14.0. The summed E-state index contributed by atoms with van der Waals surface area (Å²) in [5, 5.41) is 12.0. The van der Waals surface area contributed by atoms with Gasteiger partial charge in [0.05, 0.1) is 0 Å². The third-order valence-corrected chi connectivity index (χ3v) is 5.75. The maximum absolute atomic E-state index is 14.0. The van der Waals surface area contributed by atoms with Gasteiger partial charge >= 0.3 is 12.1 Å². The number of hydrogen-bond donors (Lipinski definition) is 2. The van der Waals surface area contributed by atoms with E-state index in [9.17, 15) is 23.5 Å². The van der Waals surface area contributed by atoms with Gasteiger partial charge in [0.1, 0.15) is 23.8 Å². The summed E-state index contributed by atoms with van der Waals surface area (Å²) >= 11 is 0. The summed E-state index contributed by atoms with van der Waals surface area (Å²) in [5.41, 5.74) is 2.11. The Bertz CT molecular complexity index is 1150. The first-order valence-electron chi connectivity index (χ1n) is 10.1. The number of rotatable bonds is 6. The van der Waals surface area contributed by atoms with Crippen LogP contribution in [0.5, 0.6) is 0 Å². The van der Waals surface area contributed by atoms with E-state index in [1.807, 2.05) is 48.5 Å². The van der Waals surface area contributed by atoms with Gasteiger partial charge in [-0.1, -0.05) is 48.5 Å². The van der Waals surface area contributed by atoms with Crippen LogP contribution >= 0.6 is 0 Å². The summed E-state index contributed by atoms with van der Waals surface area (Å²) in [5.74, 6) is -3.04. The molecule has 0 saturated heterocycles. The fraction of sp³-hybridized carbons (Fsp3) is 0.200. The van der Waals surface area contributed by atoms with Gasteiger partial charge in [-0.15, -0.1) is 0 Å². The van der Waals surface area contributed by atoms with Crippen molar-refractivity contribution in [2.45, 2.75) is 24.8 Å². The van der Waals surface area contributed by atoms with Crippen LogP contribution in [0.2, 0.25) is 0 Å². The molecule has 0 aromatic heterocycles. The SMILES string of the molecule is C[C@@](Cc1cc(F)ccc1F)(NC(=O)OCC1c2ccccc2-c2ccccc21)C(=O)O. The second kappa shape index (κ2) is 8.42. The molecule has 1 aliphatic rings. The van der Waals surface area contributed by atoms with Gasteiger partial charge in [0.25, 0.3) is 0 Å². The molecule has 32 heavy (non-hydrogen) atoms. The lowest BCUT2D eigenvalue weighted by Gasteiger charge is -2.26. The van der Waals surface area contributed by atoms with E-state index in [0.29, 0.717) is 0 Å². The lowest BCUT2D eigenvalue weighted by atomic mass is 9.92. The number of carboxylic acids is 1. The third kappa shape index (κ3) is 4.06. The van der Waals surface area contributed by atoms with E-state index in [1.54, 1.807) is 0 Å². The number of nitrogens with one attached hydrogen (secondary N) is 1. The zero-order valence-electron chi connectivity index (χ0n) is 17.3. The van der Waals surface area contributed by atoms with Gasteiger partial charge in [-0.3, -0.25) is 0 Å². The molecule has 7 heteroatoms. The molecule has 1 atom stereocenters. The molecule has 0 unspecified atom stereocenters. The van der Waals surface area contributed by atoms with Crippen LogP contribution in [-0.4, -0.2) is 29.3 Å². The summed E-state index contributed by atoms with van der Waals surface area (Å²) in [6.07, 6.45) is -1.40. The van der Waals surface area contributed by atoms with Crippen molar-refractivity contribution in [1.29, 1.82) is 0 Å². The van der Waals surface area contributed by atoms with E-state index in [4.69, 9.17) is 4.74 Å². The average Bonchev–Trinajstić information content (AvgIpc) is 3.08. The van der Waals surface area contributed by atoms with Crippen LogP contribution in [0.3, 0.4) is 0 Å². The van der Waals surface area contributed by atoms with Crippen LogP contribution in [0, 0.1) is 11.6 Å². The molecule has 5 nitrogen and oxygen atoms in total. The Morgan fingerprint density at radius 1 is 1.00 bits per heavy atom. The van der Waals surface area contributed by atoms with Crippen molar-refractivity contribution < 1.29 is 28.2 Å². The quantitative estimate of drug-likeness (QED) is 0.576. The number of carbonyl (C=O) groups excluding carboxylic acids is 1. The van der Waals surface area contributed by atoms with Gasteiger partial charge in [-0.05, 0) is 52.9 Å². The second-order valence-corrected chi connectivity index (χ2v) is 8.00. The predicted molar refractivity (Wildman–Crippen MR) is 114 cm³/mol. The third-order valence-electron chi connectivity index (χ3n) is 5.75. The first-order chi connectivity index (χ1) is 15.3. The molecule has 0 aliphatic heterocycles. The Morgan fingerprint density at radius 3 is 2.19 bits per heavy atom. The van der Waals surface area contributed by atoms with Crippen molar-refractivity contribution in [2.75, 3.05) is 6.61 Å². The molecular weight excluding hydrogens is 416 g/mol. The average molecular weight is 437 g/mol. The monoisotopic (exact) mass is 437 g/mol. The van der Waals surface area contributed by atoms with E-state index < -0.39 is 35.7 Å². The lowest BCUT2D eigenvalue weighted by Crippen LogP contribution is -2.54. The van der Waals surface area contributed by atoms with Crippen molar-refractivity contribution in [1.82, 2.24) is 5.32 Å². The van der Waals surface area contributed by atoms with Gasteiger partial charge in [-0.25, -0.2) is 18.4 Å².